The molecule has 0 atom stereocenters. The van der Waals surface area contributed by atoms with Crippen LogP contribution in [0, 0.1) is 0 Å². The Labute approximate surface area is 174 Å². The van der Waals surface area contributed by atoms with Crippen molar-refractivity contribution >= 4 is 39.2 Å². The molecule has 0 aliphatic carbocycles. The summed E-state index contributed by atoms with van der Waals surface area (Å²) in [4.78, 5) is 0. The average molecular weight is 452 g/mol. The predicted molar refractivity (Wildman–Crippen MR) is 107 cm³/mol. The molecule has 0 radical (unpaired) electrons. The fourth-order valence-electron chi connectivity index (χ4n) is 2.33. The molecule has 156 valence electrons. The van der Waals surface area contributed by atoms with Crippen LogP contribution in [0.4, 0.5) is 18.9 Å². The first-order valence-corrected chi connectivity index (χ1v) is 10.6. The Morgan fingerprint density at radius 1 is 1.03 bits per heavy atom. The molecule has 1 N–H and O–H groups in total. The number of thiophene rings is 1. The normalized spacial score (nSPS) is 13.0. The highest BCUT2D eigenvalue weighted by Crippen LogP contribution is 2.29. The minimum absolute atomic E-state index is 0.0257. The number of para-hydroxylation sites is 1. The number of nitrogens with one attached hydrogen (secondary N) is 1. The minimum Gasteiger partial charge on any atom is -0.857 e. The summed E-state index contributed by atoms with van der Waals surface area (Å²) in [5.41, 5.74) is -0.488. The third-order valence-electron chi connectivity index (χ3n) is 3.76. The van der Waals surface area contributed by atoms with Gasteiger partial charge in [-0.3, -0.25) is 4.72 Å². The summed E-state index contributed by atoms with van der Waals surface area (Å²) in [6.45, 7) is 0. The summed E-state index contributed by atoms with van der Waals surface area (Å²) < 4.78 is 64.9. The molecular weight excluding hydrogens is 439 g/mol. The third-order valence-corrected chi connectivity index (χ3v) is 6.52. The highest BCUT2D eigenvalue weighted by Gasteiger charge is 2.29. The average Bonchev–Trinajstić information content (AvgIpc) is 3.24. The van der Waals surface area contributed by atoms with Crippen LogP contribution in [0.15, 0.2) is 80.5 Å². The second-order valence-electron chi connectivity index (χ2n) is 5.85. The quantitative estimate of drug-likeness (QED) is 0.351. The van der Waals surface area contributed by atoms with Crippen LogP contribution in [0.25, 0.3) is 0 Å². The van der Waals surface area contributed by atoms with Crippen molar-refractivity contribution in [3.8, 4) is 0 Å². The van der Waals surface area contributed by atoms with Gasteiger partial charge < -0.3 is 5.11 Å². The van der Waals surface area contributed by atoms with Crippen molar-refractivity contribution in [1.82, 2.24) is 0 Å². The first-order chi connectivity index (χ1) is 14.2. The monoisotopic (exact) mass is 452 g/mol. The van der Waals surface area contributed by atoms with Gasteiger partial charge in [0.15, 0.2) is 0 Å². The van der Waals surface area contributed by atoms with Gasteiger partial charge in [-0.25, -0.2) is 8.42 Å². The molecule has 0 unspecified atom stereocenters. The molecule has 3 rings (SSSR count). The van der Waals surface area contributed by atoms with E-state index in [-0.39, 0.29) is 15.5 Å². The van der Waals surface area contributed by atoms with Gasteiger partial charge in [0.1, 0.15) is 4.21 Å². The molecule has 0 bridgehead atoms. The number of nitrogens with zero attached hydrogens (tertiary/aromatic N) is 2. The first kappa shape index (κ1) is 21.5. The van der Waals surface area contributed by atoms with E-state index in [4.69, 9.17) is 0 Å². The molecule has 0 aliphatic heterocycles. The number of benzene rings is 2. The molecule has 0 fully saturated rings. The lowest BCUT2D eigenvalue weighted by Gasteiger charge is -2.15. The molecule has 0 saturated heterocycles. The van der Waals surface area contributed by atoms with E-state index in [0.717, 1.165) is 29.7 Å². The molecule has 1 heterocycles. The summed E-state index contributed by atoms with van der Waals surface area (Å²) >= 11 is 1.02. The van der Waals surface area contributed by atoms with Crippen molar-refractivity contribution in [1.29, 1.82) is 0 Å². The molecule has 11 heteroatoms. The molecular formula is C19H13F3N3O3S2-. The van der Waals surface area contributed by atoms with Crippen LogP contribution in [-0.4, -0.2) is 20.5 Å². The maximum atomic E-state index is 12.6. The van der Waals surface area contributed by atoms with E-state index in [0.29, 0.717) is 5.56 Å². The fourth-order valence-corrected chi connectivity index (χ4v) is 4.40. The Balaban J connectivity index is 1.79. The van der Waals surface area contributed by atoms with Crippen LogP contribution in [0.3, 0.4) is 0 Å². The molecule has 30 heavy (non-hydrogen) atoms. The molecule has 0 spiro atoms. The molecule has 2 aromatic carbocycles. The summed E-state index contributed by atoms with van der Waals surface area (Å²) in [5.74, 6) is -0.817. The first-order valence-electron chi connectivity index (χ1n) is 8.28. The lowest BCUT2D eigenvalue weighted by Crippen LogP contribution is -2.22. The zero-order valence-electron chi connectivity index (χ0n) is 15.0. The summed E-state index contributed by atoms with van der Waals surface area (Å²) in [7, 11) is -3.86. The van der Waals surface area contributed by atoms with Gasteiger partial charge in [-0.2, -0.15) is 23.4 Å². The van der Waals surface area contributed by atoms with Crippen molar-refractivity contribution < 1.29 is 26.7 Å². The predicted octanol–water partition coefficient (Wildman–Crippen LogP) is 3.71. The maximum Gasteiger partial charge on any atom is 0.416 e. The molecule has 0 aliphatic rings. The Bertz CT molecular complexity index is 1170. The minimum atomic E-state index is -4.45. The van der Waals surface area contributed by atoms with Gasteiger partial charge in [-0.15, -0.1) is 11.3 Å². The molecule has 0 amide bonds. The number of rotatable bonds is 6. The van der Waals surface area contributed by atoms with Crippen LogP contribution in [0.1, 0.15) is 16.7 Å². The van der Waals surface area contributed by atoms with E-state index >= 15 is 0 Å². The zero-order valence-corrected chi connectivity index (χ0v) is 16.6. The number of sulfonamides is 1. The standard InChI is InChI=1S/C19H14F3N3O3S2/c20-19(21,22)14-9-7-13(8-10-14)12-23-24-18(26)15-4-1-2-5-16(15)25-30(27,28)17-6-3-11-29-17/h1-12,25H,(H,24,26)/p-1/b23-12-. The van der Waals surface area contributed by atoms with E-state index in [1.807, 2.05) is 0 Å². The number of hydrogen-bond donors (Lipinski definition) is 1. The summed E-state index contributed by atoms with van der Waals surface area (Å²) in [6.07, 6.45) is -3.33. The largest absolute Gasteiger partial charge is 0.857 e. The third kappa shape index (κ3) is 5.24. The van der Waals surface area contributed by atoms with Crippen molar-refractivity contribution in [2.45, 2.75) is 10.4 Å². The lowest BCUT2D eigenvalue weighted by molar-refractivity contribution is -0.213. The topological polar surface area (TPSA) is 94.0 Å². The smallest absolute Gasteiger partial charge is 0.416 e. The second-order valence-corrected chi connectivity index (χ2v) is 8.71. The van der Waals surface area contributed by atoms with Crippen LogP contribution in [0.5, 0.6) is 0 Å². The summed E-state index contributed by atoms with van der Waals surface area (Å²) in [6, 6.07) is 13.0. The number of anilines is 1. The van der Waals surface area contributed by atoms with Gasteiger partial charge in [0.2, 0.25) is 0 Å². The highest BCUT2D eigenvalue weighted by atomic mass is 32.2. The Morgan fingerprint density at radius 2 is 1.73 bits per heavy atom. The van der Waals surface area contributed by atoms with E-state index in [1.165, 1.54) is 36.4 Å². The van der Waals surface area contributed by atoms with Crippen molar-refractivity contribution in [3.05, 3.63) is 82.7 Å². The van der Waals surface area contributed by atoms with Crippen molar-refractivity contribution in [3.63, 3.8) is 0 Å². The Hall–Kier alpha value is -3.18. The van der Waals surface area contributed by atoms with Gasteiger partial charge in [-0.05, 0) is 35.2 Å². The molecule has 3 aromatic rings. The second kappa shape index (κ2) is 8.67. The van der Waals surface area contributed by atoms with Gasteiger partial charge in [0.25, 0.3) is 10.0 Å². The summed E-state index contributed by atoms with van der Waals surface area (Å²) in [5, 5.41) is 21.0. The zero-order chi connectivity index (χ0) is 21.8. The SMILES string of the molecule is O=S(=O)(Nc1ccccc1C([O-])=N/N=C\c1ccc(C(F)(F)F)cc1)c1cccs1. The van der Waals surface area contributed by atoms with E-state index in [2.05, 4.69) is 14.9 Å². The van der Waals surface area contributed by atoms with Crippen LogP contribution < -0.4 is 9.83 Å². The van der Waals surface area contributed by atoms with Gasteiger partial charge >= 0.3 is 6.18 Å². The number of halogens is 3. The van der Waals surface area contributed by atoms with Crippen LogP contribution in [-0.2, 0) is 16.2 Å². The van der Waals surface area contributed by atoms with E-state index in [1.54, 1.807) is 17.5 Å². The maximum absolute atomic E-state index is 12.6. The number of alkyl halides is 3. The van der Waals surface area contributed by atoms with E-state index < -0.39 is 27.7 Å². The fraction of sp³-hybridized carbons (Fsp3) is 0.0526. The Kier molecular flexibility index (Phi) is 6.22. The lowest BCUT2D eigenvalue weighted by atomic mass is 10.1. The molecule has 0 saturated carbocycles. The van der Waals surface area contributed by atoms with Gasteiger partial charge in [-0.1, -0.05) is 36.4 Å². The van der Waals surface area contributed by atoms with Gasteiger partial charge in [0.05, 0.1) is 17.5 Å². The van der Waals surface area contributed by atoms with Crippen molar-refractivity contribution in [2.24, 2.45) is 10.2 Å². The van der Waals surface area contributed by atoms with Crippen molar-refractivity contribution in [2.75, 3.05) is 4.72 Å². The number of hydrogen-bond acceptors (Lipinski definition) is 6. The highest BCUT2D eigenvalue weighted by molar-refractivity contribution is 7.94. The molecule has 1 aromatic heterocycles. The van der Waals surface area contributed by atoms with E-state index in [9.17, 15) is 26.7 Å². The molecule has 6 nitrogen and oxygen atoms in total. The van der Waals surface area contributed by atoms with Crippen LogP contribution in [0.2, 0.25) is 0 Å². The Morgan fingerprint density at radius 3 is 2.37 bits per heavy atom. The van der Waals surface area contributed by atoms with Crippen LogP contribution >= 0.6 is 11.3 Å². The van der Waals surface area contributed by atoms with Gasteiger partial charge in [0, 0.05) is 11.5 Å².